The maximum absolute atomic E-state index is 5.52. The second-order valence-corrected chi connectivity index (χ2v) is 5.00. The number of aryl methyl sites for hydroxylation is 1. The molecule has 0 saturated heterocycles. The highest BCUT2D eigenvalue weighted by Gasteiger charge is 2.23. The van der Waals surface area contributed by atoms with E-state index in [4.69, 9.17) is 14.2 Å². The molecule has 0 aromatic heterocycles. The maximum Gasteiger partial charge on any atom is 0.188 e. The summed E-state index contributed by atoms with van der Waals surface area (Å²) in [7, 11) is 3.38. The summed E-state index contributed by atoms with van der Waals surface area (Å²) in [5.41, 5.74) is 2.58. The maximum atomic E-state index is 5.52. The molecule has 0 heterocycles. The van der Waals surface area contributed by atoms with Crippen molar-refractivity contribution < 1.29 is 14.2 Å². The van der Waals surface area contributed by atoms with Crippen LogP contribution in [-0.4, -0.2) is 21.0 Å². The van der Waals surface area contributed by atoms with E-state index in [0.29, 0.717) is 0 Å². The van der Waals surface area contributed by atoms with Crippen molar-refractivity contribution >= 4 is 15.9 Å². The van der Waals surface area contributed by atoms with Crippen molar-refractivity contribution in [3.05, 3.63) is 27.7 Å². The zero-order chi connectivity index (χ0) is 12.3. The summed E-state index contributed by atoms with van der Waals surface area (Å²) in [6.45, 7) is 0.277. The van der Waals surface area contributed by atoms with Crippen LogP contribution >= 0.6 is 15.9 Å². The van der Waals surface area contributed by atoms with E-state index in [2.05, 4.69) is 22.0 Å². The predicted molar refractivity (Wildman–Crippen MR) is 69.3 cm³/mol. The molecule has 1 unspecified atom stereocenters. The molecule has 3 nitrogen and oxygen atoms in total. The number of methoxy groups -OCH3 is 2. The summed E-state index contributed by atoms with van der Waals surface area (Å²) in [5.74, 6) is 0.842. The minimum absolute atomic E-state index is 0.199. The zero-order valence-corrected chi connectivity index (χ0v) is 11.7. The van der Waals surface area contributed by atoms with Crippen LogP contribution < -0.4 is 4.74 Å². The molecule has 0 aliphatic heterocycles. The van der Waals surface area contributed by atoms with Crippen molar-refractivity contribution in [2.75, 3.05) is 21.0 Å². The molecule has 1 aliphatic rings. The van der Waals surface area contributed by atoms with Crippen molar-refractivity contribution in [3.8, 4) is 5.75 Å². The Labute approximate surface area is 110 Å². The third-order valence-electron chi connectivity index (χ3n) is 3.05. The van der Waals surface area contributed by atoms with Crippen LogP contribution in [0.2, 0.25) is 0 Å². The summed E-state index contributed by atoms with van der Waals surface area (Å²) in [6, 6.07) is 4.07. The van der Waals surface area contributed by atoms with E-state index in [9.17, 15) is 0 Å². The topological polar surface area (TPSA) is 27.7 Å². The Morgan fingerprint density at radius 1 is 1.35 bits per heavy atom. The van der Waals surface area contributed by atoms with Gasteiger partial charge in [-0.05, 0) is 42.5 Å². The van der Waals surface area contributed by atoms with Crippen LogP contribution in [0, 0.1) is 0 Å². The lowest BCUT2D eigenvalue weighted by Crippen LogP contribution is -2.12. The summed E-state index contributed by atoms with van der Waals surface area (Å²) in [6.07, 6.45) is 3.52. The monoisotopic (exact) mass is 300 g/mol. The van der Waals surface area contributed by atoms with Crippen LogP contribution in [0.25, 0.3) is 0 Å². The summed E-state index contributed by atoms with van der Waals surface area (Å²) in [4.78, 5) is 0. The van der Waals surface area contributed by atoms with Crippen LogP contribution in [0.5, 0.6) is 5.75 Å². The van der Waals surface area contributed by atoms with Gasteiger partial charge < -0.3 is 14.2 Å². The Hall–Kier alpha value is -0.580. The van der Waals surface area contributed by atoms with Gasteiger partial charge in [-0.15, -0.1) is 0 Å². The Kier molecular flexibility index (Phi) is 4.42. The van der Waals surface area contributed by atoms with Gasteiger partial charge in [0.2, 0.25) is 0 Å². The van der Waals surface area contributed by atoms with E-state index in [1.807, 2.05) is 6.07 Å². The van der Waals surface area contributed by atoms with Gasteiger partial charge in [-0.3, -0.25) is 0 Å². The summed E-state index contributed by atoms with van der Waals surface area (Å²) < 4.78 is 17.0. The van der Waals surface area contributed by atoms with Gasteiger partial charge >= 0.3 is 0 Å². The zero-order valence-electron chi connectivity index (χ0n) is 10.2. The smallest absolute Gasteiger partial charge is 0.188 e. The number of fused-ring (bicyclic) bond motifs is 1. The Morgan fingerprint density at radius 2 is 2.18 bits per heavy atom. The normalized spacial score (nSPS) is 18.9. The fourth-order valence-corrected chi connectivity index (χ4v) is 3.02. The molecule has 1 atom stereocenters. The average Bonchev–Trinajstić information content (AvgIpc) is 2.35. The second kappa shape index (κ2) is 5.85. The molecule has 0 radical (unpaired) electrons. The molecular weight excluding hydrogens is 284 g/mol. The first kappa shape index (κ1) is 12.9. The van der Waals surface area contributed by atoms with Crippen molar-refractivity contribution in [1.29, 1.82) is 0 Å². The average molecular weight is 301 g/mol. The van der Waals surface area contributed by atoms with Gasteiger partial charge in [0.25, 0.3) is 0 Å². The van der Waals surface area contributed by atoms with E-state index < -0.39 is 0 Å². The molecule has 94 valence electrons. The van der Waals surface area contributed by atoms with Crippen molar-refractivity contribution in [3.63, 3.8) is 0 Å². The summed E-state index contributed by atoms with van der Waals surface area (Å²) in [5, 5.41) is 0. The highest BCUT2D eigenvalue weighted by molar-refractivity contribution is 9.10. The van der Waals surface area contributed by atoms with Gasteiger partial charge in [-0.2, -0.15) is 0 Å². The lowest BCUT2D eigenvalue weighted by atomic mass is 9.89. The number of halogens is 1. The fourth-order valence-electron chi connectivity index (χ4n) is 2.28. The van der Waals surface area contributed by atoms with Crippen molar-refractivity contribution in [2.24, 2.45) is 0 Å². The minimum atomic E-state index is 0.199. The Bertz CT molecular complexity index is 392. The van der Waals surface area contributed by atoms with Gasteiger partial charge in [-0.1, -0.05) is 15.9 Å². The van der Waals surface area contributed by atoms with Gasteiger partial charge in [0, 0.05) is 18.7 Å². The highest BCUT2D eigenvalue weighted by atomic mass is 79.9. The molecule has 0 fully saturated rings. The lowest BCUT2D eigenvalue weighted by Gasteiger charge is -2.26. The first-order valence-electron chi connectivity index (χ1n) is 5.73. The molecule has 0 saturated carbocycles. The quantitative estimate of drug-likeness (QED) is 0.797. The third-order valence-corrected chi connectivity index (χ3v) is 3.71. The fraction of sp³-hybridized carbons (Fsp3) is 0.538. The van der Waals surface area contributed by atoms with E-state index in [1.54, 1.807) is 14.2 Å². The van der Waals surface area contributed by atoms with E-state index in [-0.39, 0.29) is 12.9 Å². The largest absolute Gasteiger partial charge is 0.468 e. The van der Waals surface area contributed by atoms with Crippen LogP contribution in [0.1, 0.15) is 30.1 Å². The van der Waals surface area contributed by atoms with Gasteiger partial charge in [0.05, 0.1) is 6.10 Å². The summed E-state index contributed by atoms with van der Waals surface area (Å²) >= 11 is 3.61. The third kappa shape index (κ3) is 2.81. The van der Waals surface area contributed by atoms with Gasteiger partial charge in [0.1, 0.15) is 5.75 Å². The molecule has 0 spiro atoms. The van der Waals surface area contributed by atoms with Gasteiger partial charge in [0.15, 0.2) is 6.79 Å². The number of benzene rings is 1. The van der Waals surface area contributed by atoms with Crippen molar-refractivity contribution in [1.82, 2.24) is 0 Å². The molecule has 1 aromatic rings. The number of hydrogen-bond acceptors (Lipinski definition) is 3. The molecule has 0 N–H and O–H groups in total. The van der Waals surface area contributed by atoms with Crippen molar-refractivity contribution in [2.45, 2.75) is 25.4 Å². The van der Waals surface area contributed by atoms with Crippen LogP contribution in [-0.2, 0) is 15.9 Å². The molecule has 0 bridgehead atoms. The Balaban J connectivity index is 2.30. The number of ether oxygens (including phenoxy) is 3. The molecule has 4 heteroatoms. The van der Waals surface area contributed by atoms with Crippen LogP contribution in [0.15, 0.2) is 16.6 Å². The second-order valence-electron chi connectivity index (χ2n) is 4.15. The first-order chi connectivity index (χ1) is 8.26. The Morgan fingerprint density at radius 3 is 2.88 bits per heavy atom. The lowest BCUT2D eigenvalue weighted by molar-refractivity contribution is 0.0507. The first-order valence-corrected chi connectivity index (χ1v) is 6.52. The van der Waals surface area contributed by atoms with E-state index in [1.165, 1.54) is 11.1 Å². The standard InChI is InChI=1S/C13H17BrO3/c1-15-8-17-10-6-9-4-3-5-12(16-2)13(9)11(14)7-10/h6-7,12H,3-5,8H2,1-2H3. The molecular formula is C13H17BrO3. The van der Waals surface area contributed by atoms with E-state index >= 15 is 0 Å². The highest BCUT2D eigenvalue weighted by Crippen LogP contribution is 2.39. The van der Waals surface area contributed by atoms with Crippen LogP contribution in [0.3, 0.4) is 0 Å². The van der Waals surface area contributed by atoms with Crippen LogP contribution in [0.4, 0.5) is 0 Å². The number of rotatable bonds is 4. The molecule has 17 heavy (non-hydrogen) atoms. The number of hydrogen-bond donors (Lipinski definition) is 0. The SMILES string of the molecule is COCOc1cc(Br)c2c(c1)CCCC2OC. The minimum Gasteiger partial charge on any atom is -0.468 e. The molecule has 0 amide bonds. The van der Waals surface area contributed by atoms with E-state index in [0.717, 1.165) is 29.5 Å². The predicted octanol–water partition coefficient (Wildman–Crippen LogP) is 3.46. The van der Waals surface area contributed by atoms with Gasteiger partial charge in [-0.25, -0.2) is 0 Å². The molecule has 1 aliphatic carbocycles. The molecule has 2 rings (SSSR count). The molecule has 1 aromatic carbocycles.